The first-order chi connectivity index (χ1) is 50.7. The van der Waals surface area contributed by atoms with Crippen molar-refractivity contribution in [3.63, 3.8) is 0 Å². The Kier molecular flexibility index (Phi) is 27.7. The molecule has 13 rings (SSSR count). The van der Waals surface area contributed by atoms with Crippen LogP contribution in [0, 0.1) is 0 Å². The van der Waals surface area contributed by atoms with E-state index >= 15 is 0 Å². The number of nitrogens with zero attached hydrogens (tertiary/aromatic N) is 6. The summed E-state index contributed by atoms with van der Waals surface area (Å²) in [4.78, 5) is 38.8. The number of aromatic amines is 2. The van der Waals surface area contributed by atoms with Crippen molar-refractivity contribution < 1.29 is 34.8 Å². The van der Waals surface area contributed by atoms with Gasteiger partial charge in [0.05, 0.1) is 0 Å². The van der Waals surface area contributed by atoms with E-state index in [1.54, 1.807) is 0 Å². The molecule has 0 unspecified atom stereocenters. The Bertz CT molecular complexity index is 4160. The van der Waals surface area contributed by atoms with Gasteiger partial charge in [-0.2, -0.15) is 0 Å². The molecule has 103 heavy (non-hydrogen) atoms. The van der Waals surface area contributed by atoms with Gasteiger partial charge in [0, 0.05) is 83.4 Å². The maximum Gasteiger partial charge on any atom is 0.670 e. The van der Waals surface area contributed by atoms with Crippen LogP contribution in [0.1, 0.15) is 196 Å². The predicted octanol–water partition coefficient (Wildman–Crippen LogP) is 22.5. The quantitative estimate of drug-likeness (QED) is 0.0273. The van der Waals surface area contributed by atoms with Crippen molar-refractivity contribution in [2.75, 3.05) is 39.6 Å². The molecule has 540 valence electrons. The standard InChI is InChI=1S/C48H26N8.C36H78O8Si3/c1-2-10-26-18-34-33(17-25(26)9-1)41-49-42(34)54-44-37-21-29-13-5-6-14-30(29)22-38(37)46(51-44)56-48-40-24-32-16-8-7-15-31(32)23-39(40)47(52-48)55-45-36-20-28-12-4-3-11-27(28)19-35(36)43(50-45)53-41;1-7-13-19-25-31-37-46(38-32-26-20-14-8-2,39-33-27-21-15-9-3)43-45-44-47(40-34-28-22-16-10-4,41-35-29-23-17-11-5)42-36-30-24-18-12-6/h1-24H,(H2,49,50,51,52,53,54,55,56);7-36H2,1-6H3. The minimum atomic E-state index is -3.48. The van der Waals surface area contributed by atoms with E-state index in [4.69, 9.17) is 64.7 Å². The zero-order chi connectivity index (χ0) is 71.1. The lowest BCUT2D eigenvalue weighted by Gasteiger charge is -2.31. The van der Waals surface area contributed by atoms with Crippen LogP contribution < -0.4 is 0 Å². The smallest absolute Gasteiger partial charge is 0.369 e. The highest BCUT2D eigenvalue weighted by atomic mass is 28.5. The van der Waals surface area contributed by atoms with Gasteiger partial charge in [-0.3, -0.25) is 0 Å². The number of unbranched alkanes of at least 4 members (excludes halogenated alkanes) is 18. The van der Waals surface area contributed by atoms with E-state index in [1.807, 2.05) is 0 Å². The van der Waals surface area contributed by atoms with Crippen LogP contribution in [-0.2, 0) is 34.8 Å². The molecule has 0 atom stereocenters. The van der Waals surface area contributed by atoms with E-state index in [1.165, 1.54) is 77.0 Å². The van der Waals surface area contributed by atoms with Crippen LogP contribution in [0.4, 0.5) is 0 Å². The fraction of sp³-hybridized carbons (Fsp3) is 0.429. The van der Waals surface area contributed by atoms with E-state index in [2.05, 4.69) is 197 Å². The number of hydrogen-bond acceptors (Lipinski definition) is 14. The molecular formula is C84H104N8O8Si3. The summed E-state index contributed by atoms with van der Waals surface area (Å²) in [5.41, 5.74) is 6.34. The topological polar surface area (TPSA) is 183 Å². The van der Waals surface area contributed by atoms with Gasteiger partial charge < -0.3 is 44.8 Å². The van der Waals surface area contributed by atoms with Crippen LogP contribution in [0.25, 0.3) is 133 Å². The highest BCUT2D eigenvalue weighted by Gasteiger charge is 2.51. The van der Waals surface area contributed by atoms with Crippen LogP contribution in [-0.4, -0.2) is 108 Å². The van der Waals surface area contributed by atoms with Crippen molar-refractivity contribution in [2.45, 2.75) is 196 Å². The maximum absolute atomic E-state index is 6.51. The molecule has 5 heterocycles. The molecule has 16 nitrogen and oxygen atoms in total. The Morgan fingerprint density at radius 2 is 0.466 bits per heavy atom. The van der Waals surface area contributed by atoms with Crippen LogP contribution in [0.2, 0.25) is 0 Å². The number of H-pyrrole nitrogens is 2. The van der Waals surface area contributed by atoms with E-state index in [-0.39, 0.29) is 0 Å². The number of hydrogen-bond donors (Lipinski definition) is 2. The third-order valence-corrected chi connectivity index (χ3v) is 25.3. The average molecular weight is 1440 g/mol. The van der Waals surface area contributed by atoms with Crippen LogP contribution >= 0.6 is 0 Å². The average Bonchev–Trinajstić information content (AvgIpc) is 1.60. The molecule has 0 saturated carbocycles. The molecule has 0 saturated heterocycles. The first-order valence-corrected chi connectivity index (χ1v) is 42.7. The summed E-state index contributed by atoms with van der Waals surface area (Å²) in [5.74, 6) is 2.32. The molecule has 0 aliphatic carbocycles. The van der Waals surface area contributed by atoms with Crippen LogP contribution in [0.5, 0.6) is 0 Å². The Morgan fingerprint density at radius 1 is 0.262 bits per heavy atom. The molecule has 2 aliphatic heterocycles. The maximum atomic E-state index is 6.51. The van der Waals surface area contributed by atoms with E-state index in [0.717, 1.165) is 164 Å². The lowest BCUT2D eigenvalue weighted by molar-refractivity contribution is -0.0213. The molecule has 2 aliphatic rings. The van der Waals surface area contributed by atoms with Gasteiger partial charge in [-0.1, -0.05) is 254 Å². The number of aromatic nitrogens is 8. The second-order valence-corrected chi connectivity index (χ2v) is 32.9. The van der Waals surface area contributed by atoms with Gasteiger partial charge in [0.25, 0.3) is 0 Å². The first kappa shape index (κ1) is 75.2. The third-order valence-electron chi connectivity index (χ3n) is 19.3. The Morgan fingerprint density at radius 3 is 0.670 bits per heavy atom. The van der Waals surface area contributed by atoms with Gasteiger partial charge in [-0.05, 0) is 130 Å². The number of nitrogens with one attached hydrogen (secondary N) is 2. The largest absolute Gasteiger partial charge is 0.670 e. The van der Waals surface area contributed by atoms with Crippen LogP contribution in [0.3, 0.4) is 0 Å². The summed E-state index contributed by atoms with van der Waals surface area (Å²) in [6, 6.07) is 50.9. The number of rotatable bonds is 40. The molecule has 19 heteroatoms. The molecule has 0 spiro atoms. The zero-order valence-corrected chi connectivity index (χ0v) is 64.5. The highest BCUT2D eigenvalue weighted by Crippen LogP contribution is 2.41. The molecule has 0 fully saturated rings. The van der Waals surface area contributed by atoms with Crippen molar-refractivity contribution in [2.24, 2.45) is 0 Å². The second-order valence-electron chi connectivity index (χ2n) is 27.3. The lowest BCUT2D eigenvalue weighted by Crippen LogP contribution is -2.55. The van der Waals surface area contributed by atoms with Gasteiger partial charge in [0.2, 0.25) is 0 Å². The summed E-state index contributed by atoms with van der Waals surface area (Å²) in [7, 11) is -7.38. The summed E-state index contributed by atoms with van der Waals surface area (Å²) < 4.78 is 51.9. The van der Waals surface area contributed by atoms with Crippen molar-refractivity contribution >= 4 is 115 Å². The van der Waals surface area contributed by atoms with E-state index in [0.29, 0.717) is 85.5 Å². The number of benzene rings is 8. The molecule has 3 aromatic heterocycles. The van der Waals surface area contributed by atoms with Gasteiger partial charge >= 0.3 is 28.1 Å². The minimum Gasteiger partial charge on any atom is -0.369 e. The van der Waals surface area contributed by atoms with Crippen molar-refractivity contribution in [1.29, 1.82) is 0 Å². The highest BCUT2D eigenvalue weighted by molar-refractivity contribution is 6.64. The zero-order valence-electron chi connectivity index (χ0n) is 61.5. The lowest BCUT2D eigenvalue weighted by atomic mass is 10.0. The van der Waals surface area contributed by atoms with Gasteiger partial charge in [0.1, 0.15) is 22.6 Å². The van der Waals surface area contributed by atoms with E-state index in [9.17, 15) is 0 Å². The Balaban J connectivity index is 0.000000199. The molecule has 2 radical (unpaired) electrons. The predicted molar refractivity (Wildman–Crippen MR) is 426 cm³/mol. The first-order valence-electron chi connectivity index (χ1n) is 38.6. The van der Waals surface area contributed by atoms with Crippen molar-refractivity contribution in [3.05, 3.63) is 146 Å². The Hall–Kier alpha value is -7.51. The Labute approximate surface area is 612 Å². The molecular weight excluding hydrogens is 1330 g/mol. The van der Waals surface area contributed by atoms with Gasteiger partial charge in [-0.15, -0.1) is 0 Å². The SMILES string of the molecule is CCCCCCO[Si](OCCCCCC)(OCCCCCC)O[Si]O[Si](OCCCCCC)(OCCCCCC)OCCCCCC.c1ccc2cc3c(cc2c1)-c1nc-3nc2[nH]c(nc3nc(nc4[nH]c(n1)c1cc5ccccc5cc41)-c1cc4ccccc4cc1-3)c1cc3ccccc3cc21. The molecule has 2 N–H and O–H groups in total. The molecule has 8 aromatic carbocycles. The van der Waals surface area contributed by atoms with Crippen LogP contribution in [0.15, 0.2) is 146 Å². The summed E-state index contributed by atoms with van der Waals surface area (Å²) >= 11 is 0. The summed E-state index contributed by atoms with van der Waals surface area (Å²) in [6.45, 7) is 16.7. The van der Waals surface area contributed by atoms with Gasteiger partial charge in [-0.25, -0.2) is 29.9 Å². The van der Waals surface area contributed by atoms with Crippen molar-refractivity contribution in [3.8, 4) is 45.6 Å². The molecule has 0 amide bonds. The molecule has 8 bridgehead atoms. The summed E-state index contributed by atoms with van der Waals surface area (Å²) in [6.07, 6.45) is 26.6. The van der Waals surface area contributed by atoms with Gasteiger partial charge in [0.15, 0.2) is 23.3 Å². The second kappa shape index (κ2) is 38.0. The summed E-state index contributed by atoms with van der Waals surface area (Å²) in [5, 5.41) is 12.6. The number of fused-ring (bicyclic) bond motifs is 24. The normalized spacial score (nSPS) is 12.3. The fourth-order valence-electron chi connectivity index (χ4n) is 13.4. The van der Waals surface area contributed by atoms with E-state index < -0.39 is 28.1 Å². The molecule has 11 aromatic rings. The third kappa shape index (κ3) is 19.3. The fourth-order valence-corrected chi connectivity index (χ4v) is 19.1. The minimum absolute atomic E-state index is 0.418. The monoisotopic (exact) mass is 1440 g/mol. The van der Waals surface area contributed by atoms with Crippen molar-refractivity contribution in [1.82, 2.24) is 39.9 Å².